The molecule has 0 radical (unpaired) electrons. The Hall–Kier alpha value is -1.87. The number of anilines is 1. The molecular formula is C14H16F3N3O2S. The van der Waals surface area contributed by atoms with E-state index in [1.807, 2.05) is 0 Å². The van der Waals surface area contributed by atoms with Crippen molar-refractivity contribution in [1.29, 1.82) is 0 Å². The number of fused-ring (bicyclic) bond motifs is 1. The number of aromatic nitrogens is 1. The zero-order valence-electron chi connectivity index (χ0n) is 12.5. The standard InChI is InChI=1S/C14H16F3N3O2S/c1-7(8(2)18)12(21)20-13-19-10-4-3-9(5-11(10)23-13)22-6-14(15,16)17/h3-5,7-8H,6,18H2,1-2H3,(H,19,20,21). The molecule has 0 aliphatic heterocycles. The summed E-state index contributed by atoms with van der Waals surface area (Å²) in [5.41, 5.74) is 6.24. The van der Waals surface area contributed by atoms with Crippen molar-refractivity contribution in [3.8, 4) is 5.75 Å². The van der Waals surface area contributed by atoms with Gasteiger partial charge < -0.3 is 15.8 Å². The van der Waals surface area contributed by atoms with Crippen LogP contribution in [0.5, 0.6) is 5.75 Å². The van der Waals surface area contributed by atoms with Crippen molar-refractivity contribution in [2.45, 2.75) is 26.1 Å². The first-order valence-electron chi connectivity index (χ1n) is 6.82. The average molecular weight is 347 g/mol. The molecule has 23 heavy (non-hydrogen) atoms. The number of nitrogens with zero attached hydrogens (tertiary/aromatic N) is 1. The van der Waals surface area contributed by atoms with Crippen molar-refractivity contribution in [1.82, 2.24) is 4.98 Å². The van der Waals surface area contributed by atoms with Crippen molar-refractivity contribution in [2.75, 3.05) is 11.9 Å². The molecule has 0 bridgehead atoms. The molecule has 0 fully saturated rings. The molecule has 1 amide bonds. The monoisotopic (exact) mass is 347 g/mol. The Bertz CT molecular complexity index is 700. The zero-order chi connectivity index (χ0) is 17.2. The molecule has 0 aliphatic rings. The van der Waals surface area contributed by atoms with Gasteiger partial charge in [-0.15, -0.1) is 0 Å². The van der Waals surface area contributed by atoms with Crippen LogP contribution in [0.4, 0.5) is 18.3 Å². The smallest absolute Gasteiger partial charge is 0.422 e. The van der Waals surface area contributed by atoms with E-state index in [9.17, 15) is 18.0 Å². The Morgan fingerprint density at radius 2 is 2.13 bits per heavy atom. The molecule has 2 unspecified atom stereocenters. The molecule has 3 N–H and O–H groups in total. The second kappa shape index (κ2) is 6.71. The predicted molar refractivity (Wildman–Crippen MR) is 82.6 cm³/mol. The van der Waals surface area contributed by atoms with Gasteiger partial charge in [-0.1, -0.05) is 18.3 Å². The number of rotatable bonds is 5. The maximum atomic E-state index is 12.2. The van der Waals surface area contributed by atoms with Crippen molar-refractivity contribution in [2.24, 2.45) is 11.7 Å². The quantitative estimate of drug-likeness (QED) is 0.871. The van der Waals surface area contributed by atoms with E-state index in [0.717, 1.165) is 11.3 Å². The summed E-state index contributed by atoms with van der Waals surface area (Å²) in [4.78, 5) is 16.1. The molecule has 2 rings (SSSR count). The van der Waals surface area contributed by atoms with Crippen molar-refractivity contribution in [3.63, 3.8) is 0 Å². The number of nitrogens with two attached hydrogens (primary N) is 1. The van der Waals surface area contributed by atoms with E-state index < -0.39 is 12.8 Å². The molecular weight excluding hydrogens is 331 g/mol. The lowest BCUT2D eigenvalue weighted by Crippen LogP contribution is -2.34. The van der Waals surface area contributed by atoms with E-state index in [4.69, 9.17) is 5.73 Å². The van der Waals surface area contributed by atoms with Gasteiger partial charge >= 0.3 is 6.18 Å². The Kier molecular flexibility index (Phi) is 5.10. The number of carbonyl (C=O) groups excluding carboxylic acids is 1. The van der Waals surface area contributed by atoms with Crippen LogP contribution in [-0.4, -0.2) is 29.7 Å². The lowest BCUT2D eigenvalue weighted by Gasteiger charge is -2.13. The lowest BCUT2D eigenvalue weighted by atomic mass is 10.0. The van der Waals surface area contributed by atoms with Gasteiger partial charge in [-0.2, -0.15) is 13.2 Å². The van der Waals surface area contributed by atoms with Crippen LogP contribution < -0.4 is 15.8 Å². The van der Waals surface area contributed by atoms with E-state index in [2.05, 4.69) is 15.0 Å². The Morgan fingerprint density at radius 1 is 1.43 bits per heavy atom. The molecule has 5 nitrogen and oxygen atoms in total. The van der Waals surface area contributed by atoms with Gasteiger partial charge in [-0.3, -0.25) is 4.79 Å². The summed E-state index contributed by atoms with van der Waals surface area (Å²) in [5.74, 6) is -0.541. The minimum absolute atomic E-state index is 0.0975. The average Bonchev–Trinajstić information content (AvgIpc) is 2.84. The molecule has 2 aromatic rings. The van der Waals surface area contributed by atoms with Gasteiger partial charge in [-0.05, 0) is 25.1 Å². The summed E-state index contributed by atoms with van der Waals surface area (Å²) in [7, 11) is 0. The van der Waals surface area contributed by atoms with Crippen molar-refractivity contribution in [3.05, 3.63) is 18.2 Å². The van der Waals surface area contributed by atoms with E-state index in [1.54, 1.807) is 19.9 Å². The van der Waals surface area contributed by atoms with Gasteiger partial charge in [0.15, 0.2) is 11.7 Å². The number of nitrogens with one attached hydrogen (secondary N) is 1. The molecule has 0 saturated heterocycles. The van der Waals surface area contributed by atoms with Crippen molar-refractivity contribution < 1.29 is 22.7 Å². The van der Waals surface area contributed by atoms with Gasteiger partial charge in [-0.25, -0.2) is 4.98 Å². The summed E-state index contributed by atoms with van der Waals surface area (Å²) >= 11 is 1.16. The Morgan fingerprint density at radius 3 is 2.74 bits per heavy atom. The maximum absolute atomic E-state index is 12.2. The third kappa shape index (κ3) is 4.80. The molecule has 9 heteroatoms. The first kappa shape index (κ1) is 17.5. The van der Waals surface area contributed by atoms with Crippen LogP contribution in [0.15, 0.2) is 18.2 Å². The topological polar surface area (TPSA) is 77.2 Å². The van der Waals surface area contributed by atoms with Crippen molar-refractivity contribution >= 4 is 32.6 Å². The van der Waals surface area contributed by atoms with Gasteiger partial charge in [0.25, 0.3) is 0 Å². The highest BCUT2D eigenvalue weighted by atomic mass is 32.1. The summed E-state index contributed by atoms with van der Waals surface area (Å²) in [6, 6.07) is 4.11. The maximum Gasteiger partial charge on any atom is 0.422 e. The van der Waals surface area contributed by atoms with Crippen LogP contribution in [0.25, 0.3) is 10.2 Å². The SMILES string of the molecule is CC(N)C(C)C(=O)Nc1nc2ccc(OCC(F)(F)F)cc2s1. The highest BCUT2D eigenvalue weighted by molar-refractivity contribution is 7.22. The number of halogens is 3. The number of ether oxygens (including phenoxy) is 1. The molecule has 0 saturated carbocycles. The highest BCUT2D eigenvalue weighted by Crippen LogP contribution is 2.30. The highest BCUT2D eigenvalue weighted by Gasteiger charge is 2.28. The van der Waals surface area contributed by atoms with E-state index in [1.165, 1.54) is 12.1 Å². The number of carbonyl (C=O) groups is 1. The lowest BCUT2D eigenvalue weighted by molar-refractivity contribution is -0.153. The molecule has 1 aromatic carbocycles. The van der Waals surface area contributed by atoms with Crippen LogP contribution >= 0.6 is 11.3 Å². The number of hydrogen-bond donors (Lipinski definition) is 2. The minimum atomic E-state index is -4.39. The van der Waals surface area contributed by atoms with E-state index in [-0.39, 0.29) is 23.6 Å². The molecule has 1 heterocycles. The van der Waals surface area contributed by atoms with Gasteiger partial charge in [0.2, 0.25) is 5.91 Å². The fourth-order valence-electron chi connectivity index (χ4n) is 1.67. The number of hydrogen-bond acceptors (Lipinski definition) is 5. The number of alkyl halides is 3. The minimum Gasteiger partial charge on any atom is -0.484 e. The van der Waals surface area contributed by atoms with E-state index in [0.29, 0.717) is 15.3 Å². The number of amides is 1. The summed E-state index contributed by atoms with van der Waals surface area (Å²) in [6.07, 6.45) is -4.39. The van der Waals surface area contributed by atoms with Crippen LogP contribution in [0.1, 0.15) is 13.8 Å². The van der Waals surface area contributed by atoms with Gasteiger partial charge in [0.1, 0.15) is 5.75 Å². The first-order chi connectivity index (χ1) is 10.7. The molecule has 126 valence electrons. The van der Waals surface area contributed by atoms with Crippen LogP contribution in [0.2, 0.25) is 0 Å². The fraction of sp³-hybridized carbons (Fsp3) is 0.429. The summed E-state index contributed by atoms with van der Waals surface area (Å²) < 4.78 is 41.8. The predicted octanol–water partition coefficient (Wildman–Crippen LogP) is 3.16. The number of benzene rings is 1. The fourth-order valence-corrected chi connectivity index (χ4v) is 2.57. The summed E-state index contributed by atoms with van der Waals surface area (Å²) in [5, 5.41) is 3.02. The largest absolute Gasteiger partial charge is 0.484 e. The molecule has 0 aliphatic carbocycles. The van der Waals surface area contributed by atoms with Gasteiger partial charge in [0, 0.05) is 6.04 Å². The second-order valence-electron chi connectivity index (χ2n) is 5.19. The summed E-state index contributed by atoms with van der Waals surface area (Å²) in [6.45, 7) is 2.08. The third-order valence-corrected chi connectivity index (χ3v) is 4.13. The second-order valence-corrected chi connectivity index (χ2v) is 6.22. The van der Waals surface area contributed by atoms with Crippen LogP contribution in [0, 0.1) is 5.92 Å². The normalized spacial score (nSPS) is 14.5. The zero-order valence-corrected chi connectivity index (χ0v) is 13.3. The molecule has 0 spiro atoms. The Balaban J connectivity index is 2.11. The van der Waals surface area contributed by atoms with Crippen LogP contribution in [0.3, 0.4) is 0 Å². The van der Waals surface area contributed by atoms with Gasteiger partial charge in [0.05, 0.1) is 16.1 Å². The Labute approximate surface area is 134 Å². The van der Waals surface area contributed by atoms with E-state index >= 15 is 0 Å². The number of thiazole rings is 1. The van der Waals surface area contributed by atoms with Crippen LogP contribution in [-0.2, 0) is 4.79 Å². The first-order valence-corrected chi connectivity index (χ1v) is 7.64. The third-order valence-electron chi connectivity index (χ3n) is 3.19. The molecule has 1 aromatic heterocycles. The molecule has 2 atom stereocenters.